The Kier molecular flexibility index (Phi) is 5.17. The van der Waals surface area contributed by atoms with E-state index < -0.39 is 0 Å². The van der Waals surface area contributed by atoms with Crippen molar-refractivity contribution in [2.24, 2.45) is 0 Å². The third-order valence-corrected chi connectivity index (χ3v) is 4.11. The molecule has 2 heterocycles. The Hall–Kier alpha value is -2.31. The highest BCUT2D eigenvalue weighted by molar-refractivity contribution is 6.30. The molecule has 7 heteroatoms. The number of rotatable bonds is 6. The molecule has 0 saturated heterocycles. The van der Waals surface area contributed by atoms with E-state index in [2.05, 4.69) is 39.7 Å². The third kappa shape index (κ3) is 3.77. The van der Waals surface area contributed by atoms with Gasteiger partial charge in [-0.2, -0.15) is 4.68 Å². The summed E-state index contributed by atoms with van der Waals surface area (Å²) in [7, 11) is 0. The fourth-order valence-corrected chi connectivity index (χ4v) is 2.62. The molecule has 0 amide bonds. The zero-order valence-electron chi connectivity index (χ0n) is 13.7. The van der Waals surface area contributed by atoms with Crippen molar-refractivity contribution in [3.8, 4) is 5.82 Å². The van der Waals surface area contributed by atoms with E-state index in [1.165, 1.54) is 11.1 Å². The molecule has 0 spiro atoms. The van der Waals surface area contributed by atoms with Crippen LogP contribution in [0.1, 0.15) is 29.4 Å². The summed E-state index contributed by atoms with van der Waals surface area (Å²) in [6.07, 6.45) is 2.72. The van der Waals surface area contributed by atoms with Crippen LogP contribution >= 0.6 is 11.6 Å². The summed E-state index contributed by atoms with van der Waals surface area (Å²) >= 11 is 6.06. The van der Waals surface area contributed by atoms with Crippen LogP contribution < -0.4 is 5.32 Å². The predicted molar refractivity (Wildman–Crippen MR) is 93.1 cm³/mol. The van der Waals surface area contributed by atoms with Gasteiger partial charge in [-0.1, -0.05) is 24.6 Å². The lowest BCUT2D eigenvalue weighted by Gasteiger charge is -2.09. The molecular formula is C17H19ClN6. The second-order valence-electron chi connectivity index (χ2n) is 5.56. The van der Waals surface area contributed by atoms with Gasteiger partial charge in [0.15, 0.2) is 11.6 Å². The van der Waals surface area contributed by atoms with E-state index in [1.54, 1.807) is 10.9 Å². The lowest BCUT2D eigenvalue weighted by molar-refractivity contribution is 0.635. The molecule has 0 aliphatic rings. The maximum absolute atomic E-state index is 6.06. The zero-order chi connectivity index (χ0) is 16.9. The number of aryl methyl sites for hydroxylation is 2. The van der Waals surface area contributed by atoms with Crippen molar-refractivity contribution < 1.29 is 0 Å². The molecule has 0 bridgehead atoms. The number of benzene rings is 1. The number of hydrogen-bond donors (Lipinski definition) is 1. The highest BCUT2D eigenvalue weighted by Crippen LogP contribution is 2.15. The van der Waals surface area contributed by atoms with Crippen molar-refractivity contribution >= 4 is 11.6 Å². The molecule has 3 rings (SSSR count). The molecule has 3 aromatic rings. The van der Waals surface area contributed by atoms with E-state index in [9.17, 15) is 0 Å². The van der Waals surface area contributed by atoms with Crippen molar-refractivity contribution in [3.05, 3.63) is 64.1 Å². The van der Waals surface area contributed by atoms with E-state index >= 15 is 0 Å². The van der Waals surface area contributed by atoms with Gasteiger partial charge in [-0.15, -0.1) is 5.10 Å². The molecule has 0 atom stereocenters. The fourth-order valence-electron chi connectivity index (χ4n) is 2.43. The van der Waals surface area contributed by atoms with Crippen LogP contribution in [0.4, 0.5) is 0 Å². The number of nitrogens with zero attached hydrogens (tertiary/aromatic N) is 5. The van der Waals surface area contributed by atoms with Gasteiger partial charge < -0.3 is 5.32 Å². The number of tetrazole rings is 1. The van der Waals surface area contributed by atoms with E-state index in [1.807, 2.05) is 30.3 Å². The van der Waals surface area contributed by atoms with Crippen molar-refractivity contribution in [2.45, 2.75) is 33.4 Å². The third-order valence-electron chi connectivity index (χ3n) is 3.88. The first-order valence-electron chi connectivity index (χ1n) is 7.85. The minimum atomic E-state index is 0.539. The van der Waals surface area contributed by atoms with Gasteiger partial charge in [0.05, 0.1) is 6.54 Å². The first-order chi connectivity index (χ1) is 11.7. The van der Waals surface area contributed by atoms with Crippen molar-refractivity contribution in [1.82, 2.24) is 30.5 Å². The quantitative estimate of drug-likeness (QED) is 0.746. The Morgan fingerprint density at radius 1 is 1.17 bits per heavy atom. The molecule has 0 aliphatic heterocycles. The summed E-state index contributed by atoms with van der Waals surface area (Å²) in [6, 6.07) is 9.88. The van der Waals surface area contributed by atoms with Crippen LogP contribution in [0.25, 0.3) is 5.82 Å². The van der Waals surface area contributed by atoms with Crippen molar-refractivity contribution in [1.29, 1.82) is 0 Å². The van der Waals surface area contributed by atoms with Gasteiger partial charge in [0, 0.05) is 17.8 Å². The summed E-state index contributed by atoms with van der Waals surface area (Å²) in [5.74, 6) is 1.45. The molecule has 0 radical (unpaired) electrons. The van der Waals surface area contributed by atoms with Crippen LogP contribution in [0.5, 0.6) is 0 Å². The molecular weight excluding hydrogens is 324 g/mol. The lowest BCUT2D eigenvalue weighted by atomic mass is 10.1. The molecule has 124 valence electrons. The summed E-state index contributed by atoms with van der Waals surface area (Å²) < 4.78 is 1.66. The second-order valence-corrected chi connectivity index (χ2v) is 5.99. The highest BCUT2D eigenvalue weighted by atomic mass is 35.5. The van der Waals surface area contributed by atoms with Crippen LogP contribution in [0.15, 0.2) is 36.5 Å². The topological polar surface area (TPSA) is 68.5 Å². The first kappa shape index (κ1) is 16.5. The molecule has 1 N–H and O–H groups in total. The van der Waals surface area contributed by atoms with E-state index in [4.69, 9.17) is 11.6 Å². The monoisotopic (exact) mass is 342 g/mol. The summed E-state index contributed by atoms with van der Waals surface area (Å²) in [6.45, 7) is 5.41. The molecule has 0 fully saturated rings. The minimum absolute atomic E-state index is 0.539. The number of hydrogen-bond acceptors (Lipinski definition) is 5. The Morgan fingerprint density at radius 2 is 2.04 bits per heavy atom. The number of pyridine rings is 1. The van der Waals surface area contributed by atoms with Gasteiger partial charge in [0.2, 0.25) is 0 Å². The Balaban J connectivity index is 1.71. The zero-order valence-corrected chi connectivity index (χ0v) is 14.5. The maximum Gasteiger partial charge on any atom is 0.172 e. The standard InChI is InChI=1S/C17H19ClN6/c1-3-13-6-7-20-16(8-13)24-17(21-22-23-24)11-19-10-14-9-15(18)5-4-12(14)2/h4-9,19H,3,10-11H2,1-2H3. The van der Waals surface area contributed by atoms with Gasteiger partial charge >= 0.3 is 0 Å². The number of halogens is 1. The Morgan fingerprint density at radius 3 is 2.88 bits per heavy atom. The van der Waals surface area contributed by atoms with Crippen LogP contribution in [-0.4, -0.2) is 25.2 Å². The Bertz CT molecular complexity index is 829. The summed E-state index contributed by atoms with van der Waals surface area (Å²) in [4.78, 5) is 4.36. The fraction of sp³-hybridized carbons (Fsp3) is 0.294. The average molecular weight is 343 g/mol. The van der Waals surface area contributed by atoms with Gasteiger partial charge in [-0.05, 0) is 64.7 Å². The van der Waals surface area contributed by atoms with Crippen molar-refractivity contribution in [2.75, 3.05) is 0 Å². The maximum atomic E-state index is 6.06. The molecule has 24 heavy (non-hydrogen) atoms. The summed E-state index contributed by atoms with van der Waals surface area (Å²) in [5.41, 5.74) is 3.56. The SMILES string of the molecule is CCc1ccnc(-n2nnnc2CNCc2cc(Cl)ccc2C)c1. The van der Waals surface area contributed by atoms with E-state index in [0.717, 1.165) is 28.6 Å². The van der Waals surface area contributed by atoms with E-state index in [-0.39, 0.29) is 0 Å². The van der Waals surface area contributed by atoms with Crippen LogP contribution in [-0.2, 0) is 19.5 Å². The van der Waals surface area contributed by atoms with E-state index in [0.29, 0.717) is 13.1 Å². The molecule has 1 aromatic carbocycles. The van der Waals surface area contributed by atoms with Crippen LogP contribution in [0, 0.1) is 6.92 Å². The second kappa shape index (κ2) is 7.51. The molecule has 0 unspecified atom stereocenters. The van der Waals surface area contributed by atoms with Crippen LogP contribution in [0.2, 0.25) is 5.02 Å². The molecule has 0 aliphatic carbocycles. The largest absolute Gasteiger partial charge is 0.306 e. The number of aromatic nitrogens is 5. The van der Waals surface area contributed by atoms with Crippen LogP contribution in [0.3, 0.4) is 0 Å². The van der Waals surface area contributed by atoms with Gasteiger partial charge in [0.1, 0.15) is 0 Å². The average Bonchev–Trinajstić information content (AvgIpc) is 3.06. The smallest absolute Gasteiger partial charge is 0.172 e. The molecule has 2 aromatic heterocycles. The Labute approximate surface area is 145 Å². The lowest BCUT2D eigenvalue weighted by Crippen LogP contribution is -2.17. The first-order valence-corrected chi connectivity index (χ1v) is 8.23. The normalized spacial score (nSPS) is 11.0. The van der Waals surface area contributed by atoms with Gasteiger partial charge in [0.25, 0.3) is 0 Å². The molecule has 6 nitrogen and oxygen atoms in total. The molecule has 0 saturated carbocycles. The minimum Gasteiger partial charge on any atom is -0.306 e. The highest BCUT2D eigenvalue weighted by Gasteiger charge is 2.10. The van der Waals surface area contributed by atoms with Gasteiger partial charge in [-0.3, -0.25) is 0 Å². The van der Waals surface area contributed by atoms with Crippen molar-refractivity contribution in [3.63, 3.8) is 0 Å². The van der Waals surface area contributed by atoms with Gasteiger partial charge in [-0.25, -0.2) is 4.98 Å². The summed E-state index contributed by atoms with van der Waals surface area (Å²) in [5, 5.41) is 16.0. The predicted octanol–water partition coefficient (Wildman–Crippen LogP) is 2.87. The number of nitrogens with one attached hydrogen (secondary N) is 1.